The number of hydrogen-bond acceptors (Lipinski definition) is 4. The van der Waals surface area contributed by atoms with Crippen LogP contribution in [0.2, 0.25) is 0 Å². The Labute approximate surface area is 125 Å². The molecular weight excluding hydrogens is 268 g/mol. The molecule has 0 saturated carbocycles. The summed E-state index contributed by atoms with van der Waals surface area (Å²) in [5.74, 6) is 0.668. The monoisotopic (exact) mass is 292 g/mol. The molecule has 2 heterocycles. The third-order valence-electron chi connectivity index (χ3n) is 3.88. The number of nitrogens with one attached hydrogen (secondary N) is 2. The first kappa shape index (κ1) is 15.6. The molecule has 6 nitrogen and oxygen atoms in total. The molecule has 116 valence electrons. The zero-order chi connectivity index (χ0) is 14.9. The Kier molecular flexibility index (Phi) is 6.27. The average Bonchev–Trinajstić information content (AvgIpc) is 2.54. The summed E-state index contributed by atoms with van der Waals surface area (Å²) in [6.45, 7) is 3.09. The van der Waals surface area contributed by atoms with Crippen LogP contribution in [0.5, 0.6) is 0 Å². The number of aliphatic hydroxyl groups is 1. The molecule has 1 aliphatic heterocycles. The van der Waals surface area contributed by atoms with Crippen molar-refractivity contribution in [2.24, 2.45) is 5.92 Å². The first-order valence-electron chi connectivity index (χ1n) is 7.57. The molecule has 0 atom stereocenters. The van der Waals surface area contributed by atoms with Crippen molar-refractivity contribution in [3.05, 3.63) is 24.5 Å². The minimum Gasteiger partial charge on any atom is -0.395 e. The quantitative estimate of drug-likeness (QED) is 0.730. The first-order chi connectivity index (χ1) is 10.3. The van der Waals surface area contributed by atoms with Gasteiger partial charge in [-0.15, -0.1) is 0 Å². The van der Waals surface area contributed by atoms with Gasteiger partial charge in [0.1, 0.15) is 0 Å². The maximum atomic E-state index is 11.3. The van der Waals surface area contributed by atoms with Crippen LogP contribution in [0.15, 0.2) is 24.5 Å². The highest BCUT2D eigenvalue weighted by Gasteiger charge is 2.19. The van der Waals surface area contributed by atoms with Crippen molar-refractivity contribution < 1.29 is 9.90 Å². The number of piperidine rings is 1. The summed E-state index contributed by atoms with van der Waals surface area (Å²) in [6.07, 6.45) is 6.98. The summed E-state index contributed by atoms with van der Waals surface area (Å²) in [7, 11) is 0. The van der Waals surface area contributed by atoms with Crippen LogP contribution >= 0.6 is 0 Å². The fourth-order valence-electron chi connectivity index (χ4n) is 2.66. The van der Waals surface area contributed by atoms with Crippen LogP contribution < -0.4 is 15.5 Å². The molecule has 2 amide bonds. The second-order valence-corrected chi connectivity index (χ2v) is 5.33. The van der Waals surface area contributed by atoms with Gasteiger partial charge >= 0.3 is 6.03 Å². The van der Waals surface area contributed by atoms with E-state index < -0.39 is 0 Å². The van der Waals surface area contributed by atoms with Crippen LogP contribution in [0.1, 0.15) is 19.3 Å². The summed E-state index contributed by atoms with van der Waals surface area (Å²) in [4.78, 5) is 17.8. The largest absolute Gasteiger partial charge is 0.395 e. The topological polar surface area (TPSA) is 77.5 Å². The van der Waals surface area contributed by atoms with Crippen molar-refractivity contribution in [2.45, 2.75) is 19.3 Å². The molecule has 0 radical (unpaired) electrons. The minimum absolute atomic E-state index is 0.0269. The van der Waals surface area contributed by atoms with Crippen molar-refractivity contribution >= 4 is 11.7 Å². The van der Waals surface area contributed by atoms with E-state index in [0.29, 0.717) is 19.0 Å². The molecule has 1 aromatic rings. The number of rotatable bonds is 6. The molecule has 0 aromatic carbocycles. The smallest absolute Gasteiger partial charge is 0.314 e. The molecule has 6 heteroatoms. The van der Waals surface area contributed by atoms with Crippen molar-refractivity contribution in [1.82, 2.24) is 15.6 Å². The molecule has 1 aliphatic rings. The van der Waals surface area contributed by atoms with Crippen LogP contribution in [-0.4, -0.2) is 48.9 Å². The zero-order valence-corrected chi connectivity index (χ0v) is 12.3. The Morgan fingerprint density at radius 3 is 2.57 bits per heavy atom. The number of nitrogens with zero attached hydrogens (tertiary/aromatic N) is 2. The lowest BCUT2D eigenvalue weighted by Gasteiger charge is -2.33. The van der Waals surface area contributed by atoms with Gasteiger partial charge in [0.15, 0.2) is 0 Å². The van der Waals surface area contributed by atoms with E-state index in [1.165, 1.54) is 5.69 Å². The number of amides is 2. The van der Waals surface area contributed by atoms with Gasteiger partial charge in [-0.3, -0.25) is 4.98 Å². The number of carbonyl (C=O) groups is 1. The van der Waals surface area contributed by atoms with E-state index in [0.717, 1.165) is 32.4 Å². The molecule has 21 heavy (non-hydrogen) atoms. The molecule has 0 bridgehead atoms. The summed E-state index contributed by atoms with van der Waals surface area (Å²) in [5, 5.41) is 14.0. The maximum Gasteiger partial charge on any atom is 0.314 e. The van der Waals surface area contributed by atoms with Gasteiger partial charge in [0.25, 0.3) is 0 Å². The van der Waals surface area contributed by atoms with Crippen LogP contribution in [0.25, 0.3) is 0 Å². The molecule has 3 N–H and O–H groups in total. The molecule has 0 spiro atoms. The third kappa shape index (κ3) is 5.23. The Balaban J connectivity index is 1.62. The minimum atomic E-state index is -0.196. The fraction of sp³-hybridized carbons (Fsp3) is 0.600. The van der Waals surface area contributed by atoms with Gasteiger partial charge in [-0.05, 0) is 37.3 Å². The van der Waals surface area contributed by atoms with E-state index in [4.69, 9.17) is 5.11 Å². The molecule has 1 aromatic heterocycles. The first-order valence-corrected chi connectivity index (χ1v) is 7.57. The molecule has 0 unspecified atom stereocenters. The lowest BCUT2D eigenvalue weighted by molar-refractivity contribution is 0.233. The lowest BCUT2D eigenvalue weighted by Crippen LogP contribution is -2.39. The average molecular weight is 292 g/mol. The number of urea groups is 1. The summed E-state index contributed by atoms with van der Waals surface area (Å²) in [5.41, 5.74) is 1.24. The fourth-order valence-corrected chi connectivity index (χ4v) is 2.66. The Hall–Kier alpha value is -1.82. The normalized spacial score (nSPS) is 15.8. The Morgan fingerprint density at radius 2 is 1.90 bits per heavy atom. The molecule has 1 fully saturated rings. The number of pyridine rings is 1. The highest BCUT2D eigenvalue weighted by Crippen LogP contribution is 2.24. The number of carbonyl (C=O) groups excluding carboxylic acids is 1. The lowest BCUT2D eigenvalue weighted by atomic mass is 9.93. The number of aliphatic hydroxyl groups excluding tert-OH is 1. The van der Waals surface area contributed by atoms with Gasteiger partial charge in [-0.25, -0.2) is 4.79 Å². The van der Waals surface area contributed by atoms with E-state index in [-0.39, 0.29) is 12.6 Å². The van der Waals surface area contributed by atoms with Crippen LogP contribution in [-0.2, 0) is 0 Å². The summed E-state index contributed by atoms with van der Waals surface area (Å²) in [6, 6.07) is 3.90. The predicted octanol–water partition coefficient (Wildman–Crippen LogP) is 0.980. The van der Waals surface area contributed by atoms with E-state index >= 15 is 0 Å². The SMILES string of the molecule is O=C(NCCO)NCCC1CCN(c2ccncc2)CC1. The second kappa shape index (κ2) is 8.46. The standard InChI is InChI=1S/C15H24N4O2/c20-12-9-18-15(21)17-8-1-13-4-10-19(11-5-13)14-2-6-16-7-3-14/h2-3,6-7,13,20H,1,4-5,8-12H2,(H2,17,18,21). The number of aromatic nitrogens is 1. The third-order valence-corrected chi connectivity index (χ3v) is 3.88. The highest BCUT2D eigenvalue weighted by molar-refractivity contribution is 5.73. The van der Waals surface area contributed by atoms with Crippen LogP contribution in [0, 0.1) is 5.92 Å². The number of anilines is 1. The Bertz CT molecular complexity index is 419. The van der Waals surface area contributed by atoms with E-state index in [2.05, 4.69) is 20.5 Å². The van der Waals surface area contributed by atoms with Gasteiger partial charge < -0.3 is 20.6 Å². The second-order valence-electron chi connectivity index (χ2n) is 5.33. The van der Waals surface area contributed by atoms with Crippen LogP contribution in [0.3, 0.4) is 0 Å². The van der Waals surface area contributed by atoms with Crippen molar-refractivity contribution in [1.29, 1.82) is 0 Å². The molecule has 0 aliphatic carbocycles. The van der Waals surface area contributed by atoms with Gasteiger partial charge in [0, 0.05) is 44.3 Å². The van der Waals surface area contributed by atoms with Crippen molar-refractivity contribution in [3.63, 3.8) is 0 Å². The Morgan fingerprint density at radius 1 is 1.24 bits per heavy atom. The van der Waals surface area contributed by atoms with Crippen LogP contribution in [0.4, 0.5) is 10.5 Å². The molecule has 1 saturated heterocycles. The summed E-state index contributed by atoms with van der Waals surface area (Å²) >= 11 is 0. The summed E-state index contributed by atoms with van der Waals surface area (Å²) < 4.78 is 0. The molecular formula is C15H24N4O2. The van der Waals surface area contributed by atoms with E-state index in [9.17, 15) is 4.79 Å². The van der Waals surface area contributed by atoms with Crippen molar-refractivity contribution in [2.75, 3.05) is 37.7 Å². The van der Waals surface area contributed by atoms with Gasteiger partial charge in [-0.2, -0.15) is 0 Å². The van der Waals surface area contributed by atoms with E-state index in [1.807, 2.05) is 24.5 Å². The number of hydrogen-bond donors (Lipinski definition) is 3. The van der Waals surface area contributed by atoms with Gasteiger partial charge in [0.2, 0.25) is 0 Å². The highest BCUT2D eigenvalue weighted by atomic mass is 16.3. The van der Waals surface area contributed by atoms with E-state index in [1.54, 1.807) is 0 Å². The van der Waals surface area contributed by atoms with Crippen molar-refractivity contribution in [3.8, 4) is 0 Å². The zero-order valence-electron chi connectivity index (χ0n) is 12.3. The maximum absolute atomic E-state index is 11.3. The molecule has 2 rings (SSSR count). The van der Waals surface area contributed by atoms with Gasteiger partial charge in [-0.1, -0.05) is 0 Å². The van der Waals surface area contributed by atoms with Gasteiger partial charge in [0.05, 0.1) is 6.61 Å². The predicted molar refractivity (Wildman–Crippen MR) is 82.3 cm³/mol.